The van der Waals surface area contributed by atoms with Gasteiger partial charge in [0.15, 0.2) is 23.1 Å². The van der Waals surface area contributed by atoms with Crippen LogP contribution in [0.15, 0.2) is 58.9 Å². The van der Waals surface area contributed by atoms with Crippen LogP contribution < -0.4 is 9.47 Å². The molecule has 2 aromatic rings. The summed E-state index contributed by atoms with van der Waals surface area (Å²) in [5.41, 5.74) is 4.62. The molecule has 0 N–H and O–H groups in total. The lowest BCUT2D eigenvalue weighted by Crippen LogP contribution is -2.39. The van der Waals surface area contributed by atoms with E-state index in [-0.39, 0.29) is 34.6 Å². The number of carbonyl (C=O) groups excluding carboxylic acids is 2. The number of rotatable bonds is 10. The number of carbonyl (C=O) groups is 2. The second kappa shape index (κ2) is 12.4. The molecular formula is C31H33ClN2O7. The molecular weight excluding hydrogens is 548 g/mol. The van der Waals surface area contributed by atoms with Gasteiger partial charge in [-0.2, -0.15) is 0 Å². The van der Waals surface area contributed by atoms with E-state index < -0.39 is 10.8 Å². The van der Waals surface area contributed by atoms with Crippen LogP contribution >= 0.6 is 11.6 Å². The number of halogens is 1. The minimum absolute atomic E-state index is 0.0319. The summed E-state index contributed by atoms with van der Waals surface area (Å²) in [6, 6.07) is 9.73. The molecule has 0 saturated heterocycles. The van der Waals surface area contributed by atoms with Crippen LogP contribution in [0.25, 0.3) is 0 Å². The topological polar surface area (TPSA) is 108 Å². The lowest BCUT2D eigenvalue weighted by Gasteiger charge is -2.44. The second-order valence-corrected chi connectivity index (χ2v) is 10.9. The molecule has 0 amide bonds. The van der Waals surface area contributed by atoms with E-state index in [1.54, 1.807) is 31.4 Å². The number of nitro benzene ring substituents is 1. The van der Waals surface area contributed by atoms with Gasteiger partial charge in [0, 0.05) is 73.7 Å². The standard InChI is InChI=1S/C31H33ClN2O7/c1-39-14-6-13-33-23-9-4-11-25(35)29(23)28(30-24(33)10-5-12-26(30)36)20-16-22(32)31(27(17-20)40-2)41-18-19-7-3-8-21(15-19)34(37)38/h3,7-8,15-17,28H,4-6,9-14,18H2,1-2H3. The van der Waals surface area contributed by atoms with Crippen molar-refractivity contribution in [2.24, 2.45) is 0 Å². The highest BCUT2D eigenvalue weighted by Gasteiger charge is 2.43. The van der Waals surface area contributed by atoms with Gasteiger partial charge in [-0.15, -0.1) is 0 Å². The highest BCUT2D eigenvalue weighted by atomic mass is 35.5. The molecule has 9 nitrogen and oxygen atoms in total. The third-order valence-electron chi connectivity index (χ3n) is 7.91. The Bertz CT molecular complexity index is 1400. The van der Waals surface area contributed by atoms with Gasteiger partial charge in [-0.3, -0.25) is 19.7 Å². The Morgan fingerprint density at radius 3 is 2.29 bits per heavy atom. The van der Waals surface area contributed by atoms with Crippen LogP contribution in [0.3, 0.4) is 0 Å². The van der Waals surface area contributed by atoms with Gasteiger partial charge in [0.1, 0.15) is 6.61 Å². The zero-order chi connectivity index (χ0) is 29.1. The van der Waals surface area contributed by atoms with Crippen LogP contribution in [0.5, 0.6) is 11.5 Å². The number of hydrogen-bond acceptors (Lipinski definition) is 8. The van der Waals surface area contributed by atoms with Gasteiger partial charge in [-0.1, -0.05) is 23.7 Å². The molecule has 0 fully saturated rings. The molecule has 10 heteroatoms. The van der Waals surface area contributed by atoms with E-state index in [9.17, 15) is 19.7 Å². The van der Waals surface area contributed by atoms with E-state index in [1.807, 2.05) is 0 Å². The lowest BCUT2D eigenvalue weighted by atomic mass is 9.71. The molecule has 0 spiro atoms. The molecule has 216 valence electrons. The van der Waals surface area contributed by atoms with Crippen molar-refractivity contribution < 1.29 is 28.7 Å². The molecule has 0 unspecified atom stereocenters. The second-order valence-electron chi connectivity index (χ2n) is 10.5. The maximum atomic E-state index is 13.5. The van der Waals surface area contributed by atoms with Crippen molar-refractivity contribution in [1.29, 1.82) is 0 Å². The number of nitro groups is 1. The summed E-state index contributed by atoms with van der Waals surface area (Å²) in [4.78, 5) is 40.0. The fraction of sp³-hybridized carbons (Fsp3) is 0.419. The Morgan fingerprint density at radius 2 is 1.68 bits per heavy atom. The molecule has 3 aliphatic rings. The van der Waals surface area contributed by atoms with Crippen molar-refractivity contribution >= 4 is 28.9 Å². The van der Waals surface area contributed by atoms with Crippen LogP contribution in [0.2, 0.25) is 5.02 Å². The third kappa shape index (κ3) is 5.74. The first-order chi connectivity index (χ1) is 19.8. The van der Waals surface area contributed by atoms with Crippen LogP contribution in [0.1, 0.15) is 62.0 Å². The van der Waals surface area contributed by atoms with E-state index >= 15 is 0 Å². The summed E-state index contributed by atoms with van der Waals surface area (Å²) >= 11 is 6.78. The molecule has 0 bridgehead atoms. The predicted molar refractivity (Wildman–Crippen MR) is 153 cm³/mol. The molecule has 2 aliphatic carbocycles. The summed E-state index contributed by atoms with van der Waals surface area (Å²) in [6.45, 7) is 1.32. The average molecular weight is 581 g/mol. The molecule has 0 radical (unpaired) electrons. The zero-order valence-corrected chi connectivity index (χ0v) is 24.0. The summed E-state index contributed by atoms with van der Waals surface area (Å²) in [5.74, 6) is 0.223. The Kier molecular flexibility index (Phi) is 8.75. The van der Waals surface area contributed by atoms with Crippen molar-refractivity contribution in [3.8, 4) is 11.5 Å². The van der Waals surface area contributed by atoms with Crippen LogP contribution in [0, 0.1) is 10.1 Å². The van der Waals surface area contributed by atoms with E-state index in [2.05, 4.69) is 4.90 Å². The molecule has 2 aromatic carbocycles. The van der Waals surface area contributed by atoms with Crippen molar-refractivity contribution in [1.82, 2.24) is 4.90 Å². The minimum Gasteiger partial charge on any atom is -0.493 e. The van der Waals surface area contributed by atoms with Gasteiger partial charge in [-0.25, -0.2) is 0 Å². The van der Waals surface area contributed by atoms with Crippen LogP contribution in [0.4, 0.5) is 5.69 Å². The first-order valence-electron chi connectivity index (χ1n) is 13.9. The normalized spacial score (nSPS) is 17.5. The molecule has 0 saturated carbocycles. The first-order valence-corrected chi connectivity index (χ1v) is 14.2. The fourth-order valence-corrected chi connectivity index (χ4v) is 6.42. The molecule has 41 heavy (non-hydrogen) atoms. The predicted octanol–water partition coefficient (Wildman–Crippen LogP) is 6.29. The Balaban J connectivity index is 1.55. The van der Waals surface area contributed by atoms with E-state index in [0.717, 1.165) is 43.5 Å². The van der Waals surface area contributed by atoms with Gasteiger partial charge in [0.25, 0.3) is 5.69 Å². The highest BCUT2D eigenvalue weighted by Crippen LogP contribution is 2.51. The Hall–Kier alpha value is -3.69. The number of Topliss-reactive ketones (excluding diaryl/α,β-unsaturated/α-hetero) is 2. The quantitative estimate of drug-likeness (QED) is 0.183. The number of non-ortho nitro benzene ring substituents is 1. The molecule has 5 rings (SSSR count). The molecule has 0 aromatic heterocycles. The maximum absolute atomic E-state index is 13.5. The molecule has 1 aliphatic heterocycles. The van der Waals surface area contributed by atoms with Crippen molar-refractivity contribution in [3.63, 3.8) is 0 Å². The van der Waals surface area contributed by atoms with Crippen LogP contribution in [-0.2, 0) is 20.9 Å². The maximum Gasteiger partial charge on any atom is 0.269 e. The monoisotopic (exact) mass is 580 g/mol. The summed E-state index contributed by atoms with van der Waals surface area (Å²) < 4.78 is 17.0. The summed E-state index contributed by atoms with van der Waals surface area (Å²) in [7, 11) is 3.17. The molecule has 1 heterocycles. The Labute approximate surface area is 243 Å². The van der Waals surface area contributed by atoms with Gasteiger partial charge in [0.2, 0.25) is 0 Å². The van der Waals surface area contributed by atoms with Crippen molar-refractivity contribution in [2.75, 3.05) is 27.4 Å². The SMILES string of the molecule is COCCCN1C2=C(C(=O)CCC2)C(c2cc(Cl)c(OCc3cccc([N+](=O)[O-])c3)c(OC)c2)C2=C1CCCC2=O. The summed E-state index contributed by atoms with van der Waals surface area (Å²) in [5, 5.41) is 11.4. The van der Waals surface area contributed by atoms with Gasteiger partial charge in [0.05, 0.1) is 17.1 Å². The van der Waals surface area contributed by atoms with E-state index in [0.29, 0.717) is 54.0 Å². The minimum atomic E-state index is -0.531. The first kappa shape index (κ1) is 28.8. The number of methoxy groups -OCH3 is 2. The molecule has 0 atom stereocenters. The number of allylic oxidation sites excluding steroid dienone is 4. The number of nitrogens with zero attached hydrogens (tertiary/aromatic N) is 2. The largest absolute Gasteiger partial charge is 0.493 e. The van der Waals surface area contributed by atoms with Crippen LogP contribution in [-0.4, -0.2) is 48.8 Å². The zero-order valence-electron chi connectivity index (χ0n) is 23.2. The van der Waals surface area contributed by atoms with Crippen molar-refractivity contribution in [3.05, 3.63) is 85.2 Å². The Morgan fingerprint density at radius 1 is 1.00 bits per heavy atom. The fourth-order valence-electron chi connectivity index (χ4n) is 6.15. The van der Waals surface area contributed by atoms with E-state index in [4.69, 9.17) is 25.8 Å². The number of hydrogen-bond donors (Lipinski definition) is 0. The third-order valence-corrected chi connectivity index (χ3v) is 8.19. The lowest BCUT2D eigenvalue weighted by molar-refractivity contribution is -0.384. The number of ketones is 2. The average Bonchev–Trinajstić information content (AvgIpc) is 2.96. The summed E-state index contributed by atoms with van der Waals surface area (Å²) in [6.07, 6.45) is 4.75. The van der Waals surface area contributed by atoms with E-state index in [1.165, 1.54) is 19.2 Å². The smallest absolute Gasteiger partial charge is 0.269 e. The number of benzene rings is 2. The van der Waals surface area contributed by atoms with Gasteiger partial charge < -0.3 is 19.1 Å². The van der Waals surface area contributed by atoms with Gasteiger partial charge >= 0.3 is 0 Å². The number of ether oxygens (including phenoxy) is 3. The van der Waals surface area contributed by atoms with Crippen molar-refractivity contribution in [2.45, 2.75) is 57.5 Å². The van der Waals surface area contributed by atoms with Gasteiger partial charge in [-0.05, 0) is 55.4 Å². The highest BCUT2D eigenvalue weighted by molar-refractivity contribution is 6.32.